The molecule has 1 aromatic rings. The van der Waals surface area contributed by atoms with E-state index in [4.69, 9.17) is 9.16 Å². The largest absolute Gasteiger partial charge is 0.475 e. The summed E-state index contributed by atoms with van der Waals surface area (Å²) >= 11 is 0. The van der Waals surface area contributed by atoms with Gasteiger partial charge in [-0.2, -0.15) is 0 Å². The maximum absolute atomic E-state index is 11.3. The van der Waals surface area contributed by atoms with E-state index in [1.807, 2.05) is 0 Å². The van der Waals surface area contributed by atoms with E-state index in [9.17, 15) is 4.79 Å². The third-order valence-electron chi connectivity index (χ3n) is 3.76. The van der Waals surface area contributed by atoms with Gasteiger partial charge in [0.1, 0.15) is 6.61 Å². The summed E-state index contributed by atoms with van der Waals surface area (Å²) in [5, 5.41) is 0.188. The fourth-order valence-electron chi connectivity index (χ4n) is 1.36. The van der Waals surface area contributed by atoms with Gasteiger partial charge < -0.3 is 13.9 Å². The van der Waals surface area contributed by atoms with Crippen LogP contribution < -0.4 is 4.74 Å². The minimum absolute atomic E-state index is 0.188. The molecule has 6 heteroatoms. The first kappa shape index (κ1) is 17.6. The van der Waals surface area contributed by atoms with E-state index in [0.717, 1.165) is 0 Å². The van der Waals surface area contributed by atoms with Crippen LogP contribution in [-0.4, -0.2) is 39.6 Å². The molecule has 1 heterocycles. The van der Waals surface area contributed by atoms with E-state index in [2.05, 4.69) is 43.6 Å². The zero-order valence-electron chi connectivity index (χ0n) is 13.7. The Morgan fingerprint density at radius 3 is 2.38 bits per heavy atom. The molecule has 1 aromatic heterocycles. The van der Waals surface area contributed by atoms with E-state index in [1.54, 1.807) is 12.1 Å². The normalized spacial score (nSPS) is 12.1. The summed E-state index contributed by atoms with van der Waals surface area (Å²) in [6.45, 7) is 12.0. The molecule has 0 spiro atoms. The van der Waals surface area contributed by atoms with Gasteiger partial charge in [0.05, 0.1) is 19.3 Å². The molecule has 0 saturated carbocycles. The lowest BCUT2D eigenvalue weighted by Gasteiger charge is -2.36. The van der Waals surface area contributed by atoms with Gasteiger partial charge in [0, 0.05) is 12.3 Å². The zero-order valence-corrected chi connectivity index (χ0v) is 14.7. The van der Waals surface area contributed by atoms with E-state index >= 15 is 0 Å². The van der Waals surface area contributed by atoms with E-state index in [1.165, 1.54) is 13.3 Å². The summed E-state index contributed by atoms with van der Waals surface area (Å²) in [4.78, 5) is 15.3. The molecule has 0 amide bonds. The van der Waals surface area contributed by atoms with Crippen LogP contribution in [0.4, 0.5) is 0 Å². The van der Waals surface area contributed by atoms with Crippen LogP contribution in [0.25, 0.3) is 0 Å². The average Bonchev–Trinajstić information content (AvgIpc) is 2.42. The first-order valence-electron chi connectivity index (χ1n) is 6.98. The molecule has 0 aromatic carbocycles. The monoisotopic (exact) mass is 311 g/mol. The van der Waals surface area contributed by atoms with Crippen LogP contribution in [-0.2, 0) is 9.16 Å². The molecule has 0 fully saturated rings. The summed E-state index contributed by atoms with van der Waals surface area (Å²) in [5.74, 6) is 0.0665. The third kappa shape index (κ3) is 5.13. The predicted octanol–water partition coefficient (Wildman–Crippen LogP) is 3.27. The molecule has 118 valence electrons. The molecule has 0 radical (unpaired) electrons. The van der Waals surface area contributed by atoms with Gasteiger partial charge >= 0.3 is 5.97 Å². The first-order chi connectivity index (χ1) is 9.67. The summed E-state index contributed by atoms with van der Waals surface area (Å²) in [6, 6.07) is 3.28. The number of nitrogens with zero attached hydrogens (tertiary/aromatic N) is 1. The zero-order chi connectivity index (χ0) is 16.1. The lowest BCUT2D eigenvalue weighted by molar-refractivity contribution is 0.0600. The summed E-state index contributed by atoms with van der Waals surface area (Å²) in [5.41, 5.74) is 0.405. The average molecular weight is 311 g/mol. The summed E-state index contributed by atoms with van der Waals surface area (Å²) in [6.07, 6.45) is 1.44. The maximum atomic E-state index is 11.3. The lowest BCUT2D eigenvalue weighted by Crippen LogP contribution is -2.41. The first-order valence-corrected chi connectivity index (χ1v) is 9.89. The van der Waals surface area contributed by atoms with Crippen LogP contribution in [0.1, 0.15) is 31.1 Å². The van der Waals surface area contributed by atoms with Gasteiger partial charge in [-0.15, -0.1) is 0 Å². The van der Waals surface area contributed by atoms with E-state index in [0.29, 0.717) is 24.7 Å². The van der Waals surface area contributed by atoms with Crippen LogP contribution >= 0.6 is 0 Å². The second-order valence-corrected chi connectivity index (χ2v) is 11.1. The van der Waals surface area contributed by atoms with Crippen molar-refractivity contribution >= 4 is 14.3 Å². The Bertz CT molecular complexity index is 466. The smallest absolute Gasteiger partial charge is 0.339 e. The Hall–Kier alpha value is -1.40. The Labute approximate surface area is 127 Å². The van der Waals surface area contributed by atoms with Gasteiger partial charge in [0.2, 0.25) is 5.88 Å². The SMILES string of the molecule is COC(=O)c1ccc(OCCO[Si](C)(C)C(C)(C)C)nc1. The fourth-order valence-corrected chi connectivity index (χ4v) is 2.39. The molecular formula is C15H25NO4Si. The molecule has 0 saturated heterocycles. The molecular weight excluding hydrogens is 286 g/mol. The second-order valence-electron chi connectivity index (χ2n) is 6.33. The van der Waals surface area contributed by atoms with Gasteiger partial charge in [0.15, 0.2) is 8.32 Å². The molecule has 0 atom stereocenters. The molecule has 5 nitrogen and oxygen atoms in total. The van der Waals surface area contributed by atoms with Crippen molar-refractivity contribution in [2.75, 3.05) is 20.3 Å². The Kier molecular flexibility index (Phi) is 5.92. The molecule has 0 N–H and O–H groups in total. The van der Waals surface area contributed by atoms with Crippen LogP contribution in [0.2, 0.25) is 18.1 Å². The van der Waals surface area contributed by atoms with E-state index < -0.39 is 14.3 Å². The molecule has 21 heavy (non-hydrogen) atoms. The van der Waals surface area contributed by atoms with Crippen molar-refractivity contribution < 1.29 is 18.7 Å². The highest BCUT2D eigenvalue weighted by Crippen LogP contribution is 2.36. The Morgan fingerprint density at radius 1 is 1.24 bits per heavy atom. The fraction of sp³-hybridized carbons (Fsp3) is 0.600. The highest BCUT2D eigenvalue weighted by Gasteiger charge is 2.36. The van der Waals surface area contributed by atoms with Crippen LogP contribution in [0, 0.1) is 0 Å². The van der Waals surface area contributed by atoms with Gasteiger partial charge in [-0.3, -0.25) is 0 Å². The summed E-state index contributed by atoms with van der Waals surface area (Å²) in [7, 11) is -0.395. The van der Waals surface area contributed by atoms with Crippen molar-refractivity contribution in [1.29, 1.82) is 0 Å². The van der Waals surface area contributed by atoms with Crippen molar-refractivity contribution in [3.8, 4) is 5.88 Å². The number of rotatable bonds is 6. The van der Waals surface area contributed by atoms with Gasteiger partial charge in [0.25, 0.3) is 0 Å². The van der Waals surface area contributed by atoms with Crippen molar-refractivity contribution in [2.45, 2.75) is 38.9 Å². The number of pyridine rings is 1. The number of hydrogen-bond donors (Lipinski definition) is 0. The van der Waals surface area contributed by atoms with Crippen molar-refractivity contribution in [2.24, 2.45) is 0 Å². The van der Waals surface area contributed by atoms with E-state index in [-0.39, 0.29) is 5.04 Å². The number of carbonyl (C=O) groups is 1. The molecule has 0 bridgehead atoms. The standard InChI is InChI=1S/C15H25NO4Si/c1-15(2,3)21(5,6)20-10-9-19-13-8-7-12(11-16-13)14(17)18-4/h7-8,11H,9-10H2,1-6H3. The van der Waals surface area contributed by atoms with Crippen molar-refractivity contribution in [3.63, 3.8) is 0 Å². The molecule has 1 rings (SSSR count). The van der Waals surface area contributed by atoms with Crippen LogP contribution in [0.15, 0.2) is 18.3 Å². The maximum Gasteiger partial charge on any atom is 0.339 e. The third-order valence-corrected chi connectivity index (χ3v) is 8.30. The van der Waals surface area contributed by atoms with Gasteiger partial charge in [-0.1, -0.05) is 20.8 Å². The second kappa shape index (κ2) is 7.04. The predicted molar refractivity (Wildman–Crippen MR) is 84.2 cm³/mol. The highest BCUT2D eigenvalue weighted by molar-refractivity contribution is 6.74. The topological polar surface area (TPSA) is 57.7 Å². The number of carbonyl (C=O) groups excluding carboxylic acids is 1. The number of hydrogen-bond acceptors (Lipinski definition) is 5. The van der Waals surface area contributed by atoms with Crippen molar-refractivity contribution in [1.82, 2.24) is 4.98 Å². The van der Waals surface area contributed by atoms with Gasteiger partial charge in [-0.05, 0) is 24.2 Å². The van der Waals surface area contributed by atoms with Gasteiger partial charge in [-0.25, -0.2) is 9.78 Å². The van der Waals surface area contributed by atoms with Crippen molar-refractivity contribution in [3.05, 3.63) is 23.9 Å². The van der Waals surface area contributed by atoms with Crippen LogP contribution in [0.3, 0.4) is 0 Å². The number of ether oxygens (including phenoxy) is 2. The highest BCUT2D eigenvalue weighted by atomic mass is 28.4. The lowest BCUT2D eigenvalue weighted by atomic mass is 10.2. The Morgan fingerprint density at radius 2 is 1.90 bits per heavy atom. The Balaban J connectivity index is 2.42. The molecule has 0 aliphatic heterocycles. The molecule has 0 aliphatic rings. The number of methoxy groups -OCH3 is 1. The minimum atomic E-state index is -1.73. The van der Waals surface area contributed by atoms with Crippen LogP contribution in [0.5, 0.6) is 5.88 Å². The quantitative estimate of drug-likeness (QED) is 0.458. The molecule has 0 aliphatic carbocycles. The number of esters is 1. The minimum Gasteiger partial charge on any atom is -0.475 e. The summed E-state index contributed by atoms with van der Waals surface area (Å²) < 4.78 is 16.1. The number of aromatic nitrogens is 1. The molecule has 0 unspecified atom stereocenters.